The molecule has 1 aromatic carbocycles. The van der Waals surface area contributed by atoms with Crippen LogP contribution in [0.2, 0.25) is 10.0 Å². The molecule has 154 valence electrons. The van der Waals surface area contributed by atoms with E-state index in [4.69, 9.17) is 23.2 Å². The van der Waals surface area contributed by atoms with Crippen molar-refractivity contribution in [3.63, 3.8) is 0 Å². The average Bonchev–Trinajstić information content (AvgIpc) is 3.42. The van der Waals surface area contributed by atoms with Gasteiger partial charge in [0, 0.05) is 18.0 Å². The van der Waals surface area contributed by atoms with Crippen LogP contribution in [0.3, 0.4) is 0 Å². The fourth-order valence-corrected chi connectivity index (χ4v) is 4.87. The number of rotatable bonds is 5. The molecule has 0 saturated carbocycles. The number of aromatic nitrogens is 6. The fraction of sp³-hybridized carbons (Fsp3) is 0.0500. The van der Waals surface area contributed by atoms with Crippen LogP contribution in [0, 0.1) is 0 Å². The maximum absolute atomic E-state index is 12.3. The van der Waals surface area contributed by atoms with Crippen LogP contribution in [0.4, 0.5) is 0 Å². The molecule has 5 rings (SSSR count). The maximum atomic E-state index is 12.3. The van der Waals surface area contributed by atoms with Crippen molar-refractivity contribution in [3.8, 4) is 17.1 Å². The molecule has 4 aromatic heterocycles. The molecule has 0 atom stereocenters. The Morgan fingerprint density at radius 1 is 1.13 bits per heavy atom. The summed E-state index contributed by atoms with van der Waals surface area (Å²) in [5.74, 6) is 1.59. The molecule has 0 aliphatic heterocycles. The Bertz CT molecular complexity index is 1450. The van der Waals surface area contributed by atoms with Gasteiger partial charge in [0.15, 0.2) is 11.0 Å². The predicted octanol–water partition coefficient (Wildman–Crippen LogP) is 5.23. The third-order valence-electron chi connectivity index (χ3n) is 4.42. The summed E-state index contributed by atoms with van der Waals surface area (Å²) in [4.78, 5) is 23.8. The number of thiophene rings is 1. The molecule has 4 heterocycles. The molecule has 0 unspecified atom stereocenters. The molecule has 0 radical (unpaired) electrons. The molecule has 7 nitrogen and oxygen atoms in total. The van der Waals surface area contributed by atoms with Crippen molar-refractivity contribution < 1.29 is 0 Å². The lowest BCUT2D eigenvalue weighted by Gasteiger charge is -2.11. The summed E-state index contributed by atoms with van der Waals surface area (Å²) in [6.45, 7) is 0. The lowest BCUT2D eigenvalue weighted by atomic mass is 10.2. The van der Waals surface area contributed by atoms with Gasteiger partial charge in [-0.1, -0.05) is 35.0 Å². The topological polar surface area (TPSA) is 89.4 Å². The lowest BCUT2D eigenvalue weighted by molar-refractivity contribution is 0.883. The number of hydrogen-bond donors (Lipinski definition) is 1. The van der Waals surface area contributed by atoms with E-state index in [0.29, 0.717) is 42.8 Å². The van der Waals surface area contributed by atoms with Gasteiger partial charge in [0.05, 0.1) is 27.0 Å². The number of pyridine rings is 1. The molecule has 0 spiro atoms. The van der Waals surface area contributed by atoms with Gasteiger partial charge in [-0.05, 0) is 41.8 Å². The van der Waals surface area contributed by atoms with E-state index >= 15 is 0 Å². The normalized spacial score (nSPS) is 11.3. The van der Waals surface area contributed by atoms with Crippen molar-refractivity contribution in [1.82, 2.24) is 29.7 Å². The Hall–Kier alpha value is -2.72. The summed E-state index contributed by atoms with van der Waals surface area (Å²) in [7, 11) is 0. The Labute approximate surface area is 194 Å². The molecule has 0 saturated heterocycles. The highest BCUT2D eigenvalue weighted by Crippen LogP contribution is 2.32. The lowest BCUT2D eigenvalue weighted by Crippen LogP contribution is -2.09. The number of hydrogen-bond acceptors (Lipinski definition) is 7. The van der Waals surface area contributed by atoms with Gasteiger partial charge in [0.25, 0.3) is 5.56 Å². The molecule has 1 N–H and O–H groups in total. The van der Waals surface area contributed by atoms with E-state index in [1.165, 1.54) is 23.1 Å². The molecular weight excluding hydrogens is 475 g/mol. The van der Waals surface area contributed by atoms with E-state index in [1.54, 1.807) is 24.5 Å². The second-order valence-electron chi connectivity index (χ2n) is 6.42. The number of nitrogens with zero attached hydrogens (tertiary/aromatic N) is 5. The number of nitrogens with one attached hydrogen (secondary N) is 1. The zero-order chi connectivity index (χ0) is 21.4. The van der Waals surface area contributed by atoms with Crippen LogP contribution in [-0.2, 0) is 5.75 Å². The number of thioether (sulfide) groups is 1. The van der Waals surface area contributed by atoms with E-state index in [9.17, 15) is 4.79 Å². The highest BCUT2D eigenvalue weighted by atomic mass is 35.5. The molecule has 0 amide bonds. The number of H-pyrrole nitrogens is 1. The minimum absolute atomic E-state index is 0.141. The third-order valence-corrected chi connectivity index (χ3v) is 7.00. The second-order valence-corrected chi connectivity index (χ2v) is 9.09. The summed E-state index contributed by atoms with van der Waals surface area (Å²) in [5, 5.41) is 12.1. The molecule has 31 heavy (non-hydrogen) atoms. The molecule has 11 heteroatoms. The van der Waals surface area contributed by atoms with Crippen LogP contribution in [0.15, 0.2) is 64.1 Å². The first-order valence-electron chi connectivity index (χ1n) is 9.00. The van der Waals surface area contributed by atoms with Gasteiger partial charge in [0.2, 0.25) is 0 Å². The van der Waals surface area contributed by atoms with Crippen molar-refractivity contribution in [1.29, 1.82) is 0 Å². The van der Waals surface area contributed by atoms with Crippen molar-refractivity contribution in [2.45, 2.75) is 10.9 Å². The molecule has 0 aliphatic rings. The van der Waals surface area contributed by atoms with Gasteiger partial charge >= 0.3 is 0 Å². The molecule has 0 fully saturated rings. The summed E-state index contributed by atoms with van der Waals surface area (Å²) < 4.78 is 2.50. The number of benzene rings is 1. The van der Waals surface area contributed by atoms with Crippen LogP contribution < -0.4 is 5.56 Å². The number of aromatic amines is 1. The van der Waals surface area contributed by atoms with Gasteiger partial charge in [-0.15, -0.1) is 21.5 Å². The molecule has 0 aliphatic carbocycles. The van der Waals surface area contributed by atoms with Crippen LogP contribution in [-0.4, -0.2) is 29.7 Å². The molecule has 0 bridgehead atoms. The minimum Gasteiger partial charge on any atom is -0.309 e. The first-order chi connectivity index (χ1) is 15.1. The standard InChI is InChI=1S/C20H12Cl2N6OS2/c21-13-4-3-12(8-14(13)22)28-18(11-2-1-6-23-9-11)26-27-20(28)31-10-16-24-15-5-7-30-17(15)19(29)25-16/h1-9H,10H2,(H,24,25,29). The SMILES string of the molecule is O=c1[nH]c(CSc2nnc(-c3cccnc3)n2-c2ccc(Cl)c(Cl)c2)nc2ccsc12. The second kappa shape index (κ2) is 8.43. The van der Waals surface area contributed by atoms with Crippen LogP contribution in [0.25, 0.3) is 27.3 Å². The minimum atomic E-state index is -0.141. The van der Waals surface area contributed by atoms with Crippen LogP contribution in [0.1, 0.15) is 5.82 Å². The van der Waals surface area contributed by atoms with Crippen LogP contribution in [0.5, 0.6) is 0 Å². The third kappa shape index (κ3) is 3.97. The summed E-state index contributed by atoms with van der Waals surface area (Å²) >= 11 is 15.1. The zero-order valence-corrected chi connectivity index (χ0v) is 18.8. The quantitative estimate of drug-likeness (QED) is 0.342. The van der Waals surface area contributed by atoms with Crippen molar-refractivity contribution >= 4 is 56.5 Å². The smallest absolute Gasteiger partial charge is 0.268 e. The number of fused-ring (bicyclic) bond motifs is 1. The highest BCUT2D eigenvalue weighted by Gasteiger charge is 2.18. The van der Waals surface area contributed by atoms with Gasteiger partial charge in [-0.3, -0.25) is 14.3 Å². The van der Waals surface area contributed by atoms with E-state index in [1.807, 2.05) is 34.2 Å². The molecular formula is C20H12Cl2N6OS2. The largest absolute Gasteiger partial charge is 0.309 e. The Morgan fingerprint density at radius 2 is 2.03 bits per heavy atom. The summed E-state index contributed by atoms with van der Waals surface area (Å²) in [5.41, 5.74) is 2.11. The molecule has 5 aromatic rings. The zero-order valence-electron chi connectivity index (χ0n) is 15.6. The summed E-state index contributed by atoms with van der Waals surface area (Å²) in [6, 6.07) is 10.9. The van der Waals surface area contributed by atoms with Gasteiger partial charge in [0.1, 0.15) is 10.5 Å². The first kappa shape index (κ1) is 20.2. The monoisotopic (exact) mass is 486 g/mol. The fourth-order valence-electron chi connectivity index (χ4n) is 3.03. The van der Waals surface area contributed by atoms with Crippen molar-refractivity contribution in [2.24, 2.45) is 0 Å². The van der Waals surface area contributed by atoms with Gasteiger partial charge in [-0.25, -0.2) is 4.98 Å². The Morgan fingerprint density at radius 3 is 2.84 bits per heavy atom. The van der Waals surface area contributed by atoms with Gasteiger partial charge in [-0.2, -0.15) is 0 Å². The van der Waals surface area contributed by atoms with Gasteiger partial charge < -0.3 is 4.98 Å². The van der Waals surface area contributed by atoms with E-state index in [0.717, 1.165) is 11.3 Å². The van der Waals surface area contributed by atoms with Crippen molar-refractivity contribution in [3.05, 3.63) is 80.4 Å². The summed E-state index contributed by atoms with van der Waals surface area (Å²) in [6.07, 6.45) is 3.41. The van der Waals surface area contributed by atoms with E-state index in [2.05, 4.69) is 25.1 Å². The van der Waals surface area contributed by atoms with Crippen molar-refractivity contribution in [2.75, 3.05) is 0 Å². The Balaban J connectivity index is 1.55. The van der Waals surface area contributed by atoms with E-state index in [-0.39, 0.29) is 5.56 Å². The average molecular weight is 487 g/mol. The predicted molar refractivity (Wildman–Crippen MR) is 124 cm³/mol. The first-order valence-corrected chi connectivity index (χ1v) is 11.6. The van der Waals surface area contributed by atoms with E-state index < -0.39 is 0 Å². The Kier molecular flexibility index (Phi) is 5.49. The maximum Gasteiger partial charge on any atom is 0.268 e. The highest BCUT2D eigenvalue weighted by molar-refractivity contribution is 7.98. The van der Waals surface area contributed by atoms with Crippen LogP contribution >= 0.6 is 46.3 Å². The number of halogens is 2.